The zero-order valence-corrected chi connectivity index (χ0v) is 42.7. The highest BCUT2D eigenvalue weighted by Crippen LogP contribution is 2.46. The summed E-state index contributed by atoms with van der Waals surface area (Å²) < 4.78 is 81.9. The quantitative estimate of drug-likeness (QED) is 0.0314. The van der Waals surface area contributed by atoms with E-state index in [0.717, 1.165) is 56.7 Å². The van der Waals surface area contributed by atoms with Crippen molar-refractivity contribution in [1.82, 2.24) is 9.80 Å². The molecule has 0 fully saturated rings. The number of hydrogen-bond donors (Lipinski definition) is 0. The molecule has 2 heterocycles. The third-order valence-corrected chi connectivity index (χ3v) is 13.3. The van der Waals surface area contributed by atoms with E-state index in [2.05, 4.69) is 10.2 Å². The Morgan fingerprint density at radius 1 is 0.458 bits per heavy atom. The second kappa shape index (κ2) is 24.9. The van der Waals surface area contributed by atoms with E-state index in [0.29, 0.717) is 43.4 Å². The van der Waals surface area contributed by atoms with Crippen LogP contribution in [0.5, 0.6) is 0 Å². The molecule has 2 aromatic heterocycles. The molecular weight excluding hydrogens is 977 g/mol. The molecule has 0 spiro atoms. The number of halogens is 4. The lowest BCUT2D eigenvalue weighted by Crippen LogP contribution is -2.32. The fourth-order valence-corrected chi connectivity index (χ4v) is 10.1. The normalized spacial score (nSPS) is 11.4. The first-order chi connectivity index (χ1) is 34.5. The zero-order valence-electron chi connectivity index (χ0n) is 41.0. The molecule has 0 aliphatic carbocycles. The second-order valence-electron chi connectivity index (χ2n) is 16.4. The van der Waals surface area contributed by atoms with E-state index in [4.69, 9.17) is 18.9 Å². The van der Waals surface area contributed by atoms with Crippen LogP contribution in [0.1, 0.15) is 70.7 Å². The fraction of sp³-hybridized carbons (Fsp3) is 0.308. The summed E-state index contributed by atoms with van der Waals surface area (Å²) in [4.78, 5) is 61.7. The molecule has 4 aromatic carbocycles. The van der Waals surface area contributed by atoms with E-state index in [-0.39, 0.29) is 71.8 Å². The molecule has 72 heavy (non-hydrogen) atoms. The fourth-order valence-electron chi connectivity index (χ4n) is 7.51. The van der Waals surface area contributed by atoms with E-state index in [1.165, 1.54) is 12.1 Å². The number of esters is 2. The van der Waals surface area contributed by atoms with Crippen LogP contribution >= 0.6 is 22.7 Å². The van der Waals surface area contributed by atoms with Crippen LogP contribution in [0.25, 0.3) is 20.9 Å². The van der Waals surface area contributed by atoms with Crippen molar-refractivity contribution in [3.05, 3.63) is 142 Å². The summed E-state index contributed by atoms with van der Waals surface area (Å²) in [6.45, 7) is 5.76. The van der Waals surface area contributed by atoms with Gasteiger partial charge in [0.15, 0.2) is 0 Å². The van der Waals surface area contributed by atoms with Crippen LogP contribution in [-0.2, 0) is 45.1 Å². The Morgan fingerprint density at radius 3 is 1.07 bits per heavy atom. The van der Waals surface area contributed by atoms with Crippen molar-refractivity contribution in [3.63, 3.8) is 0 Å². The van der Waals surface area contributed by atoms with Crippen LogP contribution in [0.4, 0.5) is 48.5 Å². The zero-order chi connectivity index (χ0) is 52.2. The Bertz CT molecular complexity index is 2690. The molecule has 0 atom stereocenters. The topological polar surface area (TPSA) is 143 Å². The van der Waals surface area contributed by atoms with E-state index in [9.17, 15) is 19.2 Å². The summed E-state index contributed by atoms with van der Waals surface area (Å²) >= 11 is 2.15. The average molecular weight is 1030 g/mol. The van der Waals surface area contributed by atoms with Crippen LogP contribution in [0, 0.1) is 23.3 Å². The molecule has 20 heteroatoms. The van der Waals surface area contributed by atoms with E-state index in [1.54, 1.807) is 76.2 Å². The van der Waals surface area contributed by atoms with Gasteiger partial charge in [-0.1, -0.05) is 36.4 Å². The van der Waals surface area contributed by atoms with Crippen molar-refractivity contribution in [1.29, 1.82) is 0 Å². The van der Waals surface area contributed by atoms with Crippen molar-refractivity contribution >= 4 is 68.2 Å². The highest BCUT2D eigenvalue weighted by atomic mass is 32.1. The Kier molecular flexibility index (Phi) is 18.8. The van der Waals surface area contributed by atoms with Gasteiger partial charge >= 0.3 is 24.1 Å². The number of carbonyl (C=O) groups is 4. The number of rotatable bonds is 20. The summed E-state index contributed by atoms with van der Waals surface area (Å²) in [5, 5.41) is 9.08. The molecule has 0 aliphatic heterocycles. The number of nitrogens with zero attached hydrogens (tertiary/aromatic N) is 6. The SMILES string of the molecule is CCOC(=O)c1c(N(Cc2c(F)cccc2F)C(=O)OCC)sc(-c2ccc(N=Nc3ccc(-c4sc(N(Cc5c(F)cccc5F)C(=O)OCC)c(C(=O)OCC)c4CN(C)C)cc3)cc2)c1CN(C)C. The third-order valence-electron chi connectivity index (χ3n) is 10.6. The maximum atomic E-state index is 15.1. The van der Waals surface area contributed by atoms with Gasteiger partial charge in [-0.3, -0.25) is 9.80 Å². The summed E-state index contributed by atoms with van der Waals surface area (Å²) in [6.07, 6.45) is -1.83. The Hall–Kier alpha value is -7.00. The number of thiophene rings is 2. The molecule has 0 aliphatic rings. The summed E-state index contributed by atoms with van der Waals surface area (Å²) in [7, 11) is 7.24. The van der Waals surface area contributed by atoms with E-state index < -0.39 is 60.5 Å². The highest BCUT2D eigenvalue weighted by molar-refractivity contribution is 7.20. The number of benzene rings is 4. The molecule has 6 rings (SSSR count). The first-order valence-electron chi connectivity index (χ1n) is 22.8. The van der Waals surface area contributed by atoms with Gasteiger partial charge in [-0.25, -0.2) is 36.7 Å². The molecule has 0 saturated heterocycles. The van der Waals surface area contributed by atoms with Gasteiger partial charge in [-0.2, -0.15) is 10.2 Å². The first kappa shape index (κ1) is 54.3. The minimum atomic E-state index is -0.913. The minimum Gasteiger partial charge on any atom is -0.462 e. The first-order valence-corrected chi connectivity index (χ1v) is 24.5. The van der Waals surface area contributed by atoms with Gasteiger partial charge < -0.3 is 28.7 Å². The number of anilines is 2. The lowest BCUT2D eigenvalue weighted by molar-refractivity contribution is 0.0516. The maximum Gasteiger partial charge on any atom is 0.415 e. The van der Waals surface area contributed by atoms with Crippen LogP contribution in [0.15, 0.2) is 95.2 Å². The Morgan fingerprint density at radius 2 is 0.778 bits per heavy atom. The van der Waals surface area contributed by atoms with Crippen molar-refractivity contribution in [2.24, 2.45) is 10.2 Å². The smallest absolute Gasteiger partial charge is 0.415 e. The molecule has 0 N–H and O–H groups in total. The molecule has 0 radical (unpaired) electrons. The Balaban J connectivity index is 1.37. The van der Waals surface area contributed by atoms with Gasteiger partial charge in [0, 0.05) is 45.1 Å². The van der Waals surface area contributed by atoms with Crippen molar-refractivity contribution < 1.29 is 55.7 Å². The largest absolute Gasteiger partial charge is 0.462 e. The van der Waals surface area contributed by atoms with E-state index >= 15 is 17.6 Å². The number of ether oxygens (including phenoxy) is 4. The number of carbonyl (C=O) groups excluding carboxylic acids is 4. The van der Waals surface area contributed by atoms with Crippen LogP contribution in [0.3, 0.4) is 0 Å². The third kappa shape index (κ3) is 12.7. The lowest BCUT2D eigenvalue weighted by Gasteiger charge is -2.22. The molecule has 0 saturated carbocycles. The summed E-state index contributed by atoms with van der Waals surface area (Å²) in [5.74, 6) is -4.95. The van der Waals surface area contributed by atoms with E-state index in [1.807, 2.05) is 38.0 Å². The number of hydrogen-bond acceptors (Lipinski definition) is 14. The number of amides is 2. The molecule has 6 aromatic rings. The van der Waals surface area contributed by atoms with Crippen molar-refractivity contribution in [2.45, 2.75) is 53.9 Å². The molecule has 0 bridgehead atoms. The van der Waals surface area contributed by atoms with Gasteiger partial charge in [0.2, 0.25) is 0 Å². The number of azo groups is 1. The molecule has 380 valence electrons. The maximum absolute atomic E-state index is 15.1. The average Bonchev–Trinajstić information content (AvgIpc) is 3.89. The molecule has 2 amide bonds. The summed E-state index contributed by atoms with van der Waals surface area (Å²) in [5.41, 5.74) is 2.58. The van der Waals surface area contributed by atoms with Gasteiger partial charge in [-0.05, 0) is 116 Å². The van der Waals surface area contributed by atoms with Gasteiger partial charge in [0.05, 0.1) is 62.0 Å². The predicted molar refractivity (Wildman–Crippen MR) is 270 cm³/mol. The highest BCUT2D eigenvalue weighted by Gasteiger charge is 2.35. The van der Waals surface area contributed by atoms with Crippen LogP contribution < -0.4 is 9.80 Å². The Labute approximate surface area is 423 Å². The standard InChI is InChI=1S/C52H54F4N6O8S2/c1-9-67-49(63)43-37(27-59(5)6)45(71-47(43)61(51(65)69-11-3)29-35-39(53)15-13-16-40(35)54)31-19-23-33(24-20-31)57-58-34-25-21-32(22-26-34)46-38(28-60(7)8)44(50(64)68-10-2)48(72-46)62(52(66)70-12-4)30-36-41(55)17-14-18-42(36)56/h13-26H,9-12,27-30H2,1-8H3. The van der Waals surface area contributed by atoms with Crippen molar-refractivity contribution in [2.75, 3.05) is 64.4 Å². The van der Waals surface area contributed by atoms with Crippen LogP contribution in [-0.4, -0.2) is 88.5 Å². The minimum absolute atomic E-state index is 0.0229. The lowest BCUT2D eigenvalue weighted by atomic mass is 10.0. The summed E-state index contributed by atoms with van der Waals surface area (Å²) in [6, 6.07) is 20.7. The van der Waals surface area contributed by atoms with Crippen molar-refractivity contribution in [3.8, 4) is 20.9 Å². The predicted octanol–water partition coefficient (Wildman–Crippen LogP) is 12.9. The van der Waals surface area contributed by atoms with Crippen LogP contribution in [0.2, 0.25) is 0 Å². The van der Waals surface area contributed by atoms with Gasteiger partial charge in [-0.15, -0.1) is 22.7 Å². The monoisotopic (exact) mass is 1030 g/mol. The molecule has 0 unspecified atom stereocenters. The molecule has 14 nitrogen and oxygen atoms in total. The van der Waals surface area contributed by atoms with Gasteiger partial charge in [0.1, 0.15) is 33.3 Å². The molecular formula is C52H54F4N6O8S2. The second-order valence-corrected chi connectivity index (χ2v) is 18.4. The van der Waals surface area contributed by atoms with Gasteiger partial charge in [0.25, 0.3) is 0 Å².